The molecule has 3 aliphatic rings. The number of anilines is 1. The van der Waals surface area contributed by atoms with E-state index in [0.717, 1.165) is 37.2 Å². The molecule has 5 heterocycles. The standard InChI is InChI=1S/C24H27ClN4O5/c25-16-9-17-23(28-24(26-17)34-19-12-33-21-18(31)11-32-22(19)21)27-20(16)14-1-3-15(4-2-14)29-7-5-13(10-29)6-8-30/h1-4,9,13,18-19,21-22,30-31H,5-8,10-12H2,(H,26,27,28)/t13?,18-,19-,21-,22-/m1/s1. The number of hydrogen-bond acceptors (Lipinski definition) is 8. The second-order valence-electron chi connectivity index (χ2n) is 9.21. The van der Waals surface area contributed by atoms with E-state index < -0.39 is 6.10 Å². The van der Waals surface area contributed by atoms with Gasteiger partial charge in [-0.3, -0.25) is 0 Å². The van der Waals surface area contributed by atoms with E-state index in [4.69, 9.17) is 25.8 Å². The predicted octanol–water partition coefficient (Wildman–Crippen LogP) is 2.39. The molecule has 0 spiro atoms. The summed E-state index contributed by atoms with van der Waals surface area (Å²) in [4.78, 5) is 14.6. The van der Waals surface area contributed by atoms with E-state index in [2.05, 4.69) is 32.0 Å². The van der Waals surface area contributed by atoms with Gasteiger partial charge in [0.1, 0.15) is 18.3 Å². The van der Waals surface area contributed by atoms with Gasteiger partial charge in [0.25, 0.3) is 6.01 Å². The number of benzene rings is 1. The fraction of sp³-hybridized carbons (Fsp3) is 0.500. The molecule has 2 aromatic heterocycles. The number of aliphatic hydroxyl groups is 2. The molecule has 0 radical (unpaired) electrons. The number of aromatic amines is 1. The first-order valence-electron chi connectivity index (χ1n) is 11.7. The molecule has 9 nitrogen and oxygen atoms in total. The highest BCUT2D eigenvalue weighted by Gasteiger charge is 2.48. The van der Waals surface area contributed by atoms with Gasteiger partial charge in [-0.05, 0) is 37.0 Å². The predicted molar refractivity (Wildman–Crippen MR) is 126 cm³/mol. The molecule has 3 aromatic rings. The number of nitrogens with zero attached hydrogens (tertiary/aromatic N) is 3. The number of imidazole rings is 1. The Morgan fingerprint density at radius 3 is 2.79 bits per heavy atom. The average molecular weight is 487 g/mol. The molecular weight excluding hydrogens is 460 g/mol. The Bertz CT molecular complexity index is 1170. The fourth-order valence-electron chi connectivity index (χ4n) is 5.16. The van der Waals surface area contributed by atoms with Gasteiger partial charge in [-0.25, -0.2) is 4.98 Å². The average Bonchev–Trinajstić information content (AvgIpc) is 3.61. The highest BCUT2D eigenvalue weighted by molar-refractivity contribution is 6.33. The molecular formula is C24H27ClN4O5. The number of H-pyrrole nitrogens is 1. The van der Waals surface area contributed by atoms with Gasteiger partial charge in [0.15, 0.2) is 11.8 Å². The smallest absolute Gasteiger partial charge is 0.296 e. The van der Waals surface area contributed by atoms with E-state index in [1.807, 2.05) is 12.1 Å². The minimum Gasteiger partial charge on any atom is -0.456 e. The molecule has 10 heteroatoms. The van der Waals surface area contributed by atoms with Crippen molar-refractivity contribution in [2.24, 2.45) is 5.92 Å². The molecule has 0 saturated carbocycles. The SMILES string of the molecule is OCCC1CCN(c2ccc(-c3nc4nc(O[C@@H]5CO[C@H]6[C@@H]5OC[C@H]6O)[nH]c4cc3Cl)cc2)C1. The molecule has 34 heavy (non-hydrogen) atoms. The molecule has 3 saturated heterocycles. The van der Waals surface area contributed by atoms with Crippen LogP contribution in [0.2, 0.25) is 5.02 Å². The van der Waals surface area contributed by atoms with Crippen LogP contribution in [0.4, 0.5) is 5.69 Å². The first kappa shape index (κ1) is 22.1. The zero-order valence-corrected chi connectivity index (χ0v) is 19.3. The van der Waals surface area contributed by atoms with Gasteiger partial charge in [0, 0.05) is 30.9 Å². The quantitative estimate of drug-likeness (QED) is 0.487. The monoisotopic (exact) mass is 486 g/mol. The molecule has 3 fully saturated rings. The Morgan fingerprint density at radius 2 is 1.97 bits per heavy atom. The largest absolute Gasteiger partial charge is 0.456 e. The van der Waals surface area contributed by atoms with Gasteiger partial charge in [0.2, 0.25) is 0 Å². The Morgan fingerprint density at radius 1 is 1.15 bits per heavy atom. The van der Waals surface area contributed by atoms with Crippen molar-refractivity contribution in [2.45, 2.75) is 37.3 Å². The molecule has 5 atom stereocenters. The summed E-state index contributed by atoms with van der Waals surface area (Å²) in [5.74, 6) is 0.547. The van der Waals surface area contributed by atoms with E-state index in [1.54, 1.807) is 6.07 Å². The third-order valence-corrected chi connectivity index (χ3v) is 7.27. The Labute approximate surface area is 201 Å². The first-order valence-corrected chi connectivity index (χ1v) is 12.1. The minimum absolute atomic E-state index is 0.246. The van der Waals surface area contributed by atoms with E-state index in [-0.39, 0.29) is 31.5 Å². The van der Waals surface area contributed by atoms with Crippen LogP contribution >= 0.6 is 11.6 Å². The molecule has 3 N–H and O–H groups in total. The van der Waals surface area contributed by atoms with Gasteiger partial charge in [0.05, 0.1) is 29.4 Å². The van der Waals surface area contributed by atoms with Crippen molar-refractivity contribution in [1.82, 2.24) is 15.0 Å². The lowest BCUT2D eigenvalue weighted by atomic mass is 10.1. The maximum Gasteiger partial charge on any atom is 0.296 e. The Balaban J connectivity index is 1.19. The van der Waals surface area contributed by atoms with Crippen LogP contribution in [0.5, 0.6) is 6.01 Å². The normalized spacial score (nSPS) is 28.7. The molecule has 1 aromatic carbocycles. The topological polar surface area (TPSA) is 113 Å². The van der Waals surface area contributed by atoms with Crippen LogP contribution in [0.1, 0.15) is 12.8 Å². The van der Waals surface area contributed by atoms with Crippen molar-refractivity contribution in [2.75, 3.05) is 37.8 Å². The van der Waals surface area contributed by atoms with Crippen LogP contribution in [-0.4, -0.2) is 82.5 Å². The first-order chi connectivity index (χ1) is 16.6. The van der Waals surface area contributed by atoms with Gasteiger partial charge < -0.3 is 34.3 Å². The van der Waals surface area contributed by atoms with Gasteiger partial charge >= 0.3 is 0 Å². The highest BCUT2D eigenvalue weighted by atomic mass is 35.5. The summed E-state index contributed by atoms with van der Waals surface area (Å²) in [6, 6.07) is 10.3. The zero-order chi connectivity index (χ0) is 23.2. The molecule has 0 aliphatic carbocycles. The molecule has 180 valence electrons. The number of rotatable bonds is 6. The summed E-state index contributed by atoms with van der Waals surface area (Å²) >= 11 is 6.57. The number of aromatic nitrogens is 3. The fourth-order valence-corrected chi connectivity index (χ4v) is 5.42. The number of aliphatic hydroxyl groups excluding tert-OH is 2. The summed E-state index contributed by atoms with van der Waals surface area (Å²) in [5.41, 5.74) is 3.91. The van der Waals surface area contributed by atoms with E-state index in [0.29, 0.717) is 40.4 Å². The van der Waals surface area contributed by atoms with E-state index in [9.17, 15) is 10.2 Å². The number of fused-ring (bicyclic) bond motifs is 2. The van der Waals surface area contributed by atoms with Crippen LogP contribution in [0, 0.1) is 5.92 Å². The van der Waals surface area contributed by atoms with Crippen molar-refractivity contribution in [3.63, 3.8) is 0 Å². The zero-order valence-electron chi connectivity index (χ0n) is 18.6. The maximum absolute atomic E-state index is 9.91. The summed E-state index contributed by atoms with van der Waals surface area (Å²) in [5, 5.41) is 19.6. The van der Waals surface area contributed by atoms with Crippen LogP contribution in [-0.2, 0) is 9.47 Å². The van der Waals surface area contributed by atoms with E-state index in [1.165, 1.54) is 0 Å². The molecule has 0 bridgehead atoms. The molecule has 1 unspecified atom stereocenters. The number of ether oxygens (including phenoxy) is 3. The summed E-state index contributed by atoms with van der Waals surface area (Å²) in [6.07, 6.45) is 0.301. The maximum atomic E-state index is 9.91. The van der Waals surface area contributed by atoms with Crippen molar-refractivity contribution >= 4 is 28.5 Å². The third kappa shape index (κ3) is 4.01. The van der Waals surface area contributed by atoms with Crippen LogP contribution in [0.3, 0.4) is 0 Å². The number of hydrogen-bond donors (Lipinski definition) is 3. The van der Waals surface area contributed by atoms with Crippen molar-refractivity contribution < 1.29 is 24.4 Å². The highest BCUT2D eigenvalue weighted by Crippen LogP contribution is 2.33. The lowest BCUT2D eigenvalue weighted by Gasteiger charge is -2.19. The van der Waals surface area contributed by atoms with Crippen molar-refractivity contribution in [3.8, 4) is 17.3 Å². The van der Waals surface area contributed by atoms with Gasteiger partial charge in [-0.15, -0.1) is 0 Å². The van der Waals surface area contributed by atoms with Crippen LogP contribution in [0.25, 0.3) is 22.4 Å². The van der Waals surface area contributed by atoms with E-state index >= 15 is 0 Å². The number of halogens is 1. The molecule has 0 amide bonds. The lowest BCUT2D eigenvalue weighted by molar-refractivity contribution is 0.00706. The Hall–Kier alpha value is -2.43. The third-order valence-electron chi connectivity index (χ3n) is 6.98. The van der Waals surface area contributed by atoms with Crippen molar-refractivity contribution in [1.29, 1.82) is 0 Å². The molecule has 3 aliphatic heterocycles. The van der Waals surface area contributed by atoms with Crippen LogP contribution in [0.15, 0.2) is 30.3 Å². The summed E-state index contributed by atoms with van der Waals surface area (Å²) < 4.78 is 17.2. The Kier molecular flexibility index (Phi) is 5.82. The lowest BCUT2D eigenvalue weighted by Crippen LogP contribution is -2.34. The van der Waals surface area contributed by atoms with Crippen molar-refractivity contribution in [3.05, 3.63) is 35.4 Å². The summed E-state index contributed by atoms with van der Waals surface area (Å²) in [6.45, 7) is 2.79. The minimum atomic E-state index is -0.629. The van der Waals surface area contributed by atoms with Gasteiger partial charge in [-0.2, -0.15) is 4.98 Å². The second kappa shape index (κ2) is 8.98. The van der Waals surface area contributed by atoms with Gasteiger partial charge in [-0.1, -0.05) is 23.7 Å². The number of nitrogens with one attached hydrogen (secondary N) is 1. The number of pyridine rings is 1. The molecule has 6 rings (SSSR count). The second-order valence-corrected chi connectivity index (χ2v) is 9.62. The van der Waals surface area contributed by atoms with Crippen LogP contribution < -0.4 is 9.64 Å². The summed E-state index contributed by atoms with van der Waals surface area (Å²) in [7, 11) is 0.